The Kier molecular flexibility index (Phi) is 11.6. The molecule has 3 aliphatic carbocycles. The maximum atomic E-state index is 14.3. The lowest BCUT2D eigenvalue weighted by Gasteiger charge is -2.52. The van der Waals surface area contributed by atoms with Gasteiger partial charge in [0.1, 0.15) is 12.3 Å². The van der Waals surface area contributed by atoms with E-state index in [1.165, 1.54) is 36.4 Å². The van der Waals surface area contributed by atoms with E-state index in [-0.39, 0.29) is 36.2 Å². The van der Waals surface area contributed by atoms with Crippen LogP contribution in [0.3, 0.4) is 0 Å². The van der Waals surface area contributed by atoms with Crippen molar-refractivity contribution in [2.75, 3.05) is 58.3 Å². The van der Waals surface area contributed by atoms with E-state index >= 15 is 0 Å². The summed E-state index contributed by atoms with van der Waals surface area (Å²) in [4.78, 5) is 110. The Labute approximate surface area is 314 Å². The minimum absolute atomic E-state index is 0.0226. The molecule has 290 valence electrons. The van der Waals surface area contributed by atoms with Gasteiger partial charge in [0.05, 0.1) is 28.8 Å². The number of thiophene rings is 1. The second kappa shape index (κ2) is 15.6. The van der Waals surface area contributed by atoms with Crippen molar-refractivity contribution in [1.82, 2.24) is 9.80 Å². The summed E-state index contributed by atoms with van der Waals surface area (Å²) in [5.41, 5.74) is 3.01. The van der Waals surface area contributed by atoms with Crippen molar-refractivity contribution in [1.29, 1.82) is 0 Å². The van der Waals surface area contributed by atoms with Gasteiger partial charge in [0.15, 0.2) is 34.7 Å². The summed E-state index contributed by atoms with van der Waals surface area (Å²) in [6, 6.07) is 1.75. The Balaban J connectivity index is 1.42. The number of carbonyl (C=O) groups excluding carboxylic acids is 8. The highest BCUT2D eigenvalue weighted by Crippen LogP contribution is 2.52. The number of ether oxygens (including phenoxy) is 2. The van der Waals surface area contributed by atoms with Crippen LogP contribution in [0.2, 0.25) is 0 Å². The van der Waals surface area contributed by atoms with E-state index in [1.54, 1.807) is 35.8 Å². The fraction of sp³-hybridized carbons (Fsp3) is 0.500. The summed E-state index contributed by atoms with van der Waals surface area (Å²) in [7, 11) is 6.33. The first-order valence-electron chi connectivity index (χ1n) is 17.3. The van der Waals surface area contributed by atoms with Gasteiger partial charge in [-0.3, -0.25) is 38.6 Å². The number of unbranched alkanes of at least 4 members (excludes halogenated alkanes) is 1. The maximum Gasteiger partial charge on any atom is 0.413 e. The predicted molar refractivity (Wildman–Crippen MR) is 192 cm³/mol. The Bertz CT molecular complexity index is 1900. The molecular formula is C36H43N5O12S. The Morgan fingerprint density at radius 1 is 1.07 bits per heavy atom. The van der Waals surface area contributed by atoms with Crippen LogP contribution in [-0.2, 0) is 39.9 Å². The topological polar surface area (TPSA) is 243 Å². The first kappa shape index (κ1) is 40.0. The van der Waals surface area contributed by atoms with Gasteiger partial charge in [-0.05, 0) is 62.4 Å². The maximum absolute atomic E-state index is 14.3. The third kappa shape index (κ3) is 7.07. The van der Waals surface area contributed by atoms with E-state index in [2.05, 4.69) is 5.32 Å². The molecule has 5 rings (SSSR count). The lowest BCUT2D eigenvalue weighted by atomic mass is 9.52. The summed E-state index contributed by atoms with van der Waals surface area (Å²) in [5.74, 6) is -13.6. The first-order valence-corrected chi connectivity index (χ1v) is 18.2. The van der Waals surface area contributed by atoms with Gasteiger partial charge in [-0.15, -0.1) is 0 Å². The SMILES string of the molecule is CCCCN(CC(=O)Nc1cc(N(C)C)c2c(c1O)C(=O)C1C(=O)[C@]3(O)C(=O)C(C(N)=O)C(=O)[C@@H](N(C)C)[C@@H]3C[C@@H]1C2)C(=O)OCOC(=O)c1ccsc1. The Morgan fingerprint density at radius 3 is 2.37 bits per heavy atom. The zero-order valence-corrected chi connectivity index (χ0v) is 31.3. The highest BCUT2D eigenvalue weighted by atomic mass is 32.1. The number of likely N-dealkylation sites (N-methyl/N-ethyl adjacent to an activating group) is 1. The van der Waals surface area contributed by atoms with E-state index in [0.29, 0.717) is 24.1 Å². The van der Waals surface area contributed by atoms with Crippen LogP contribution in [0.4, 0.5) is 16.2 Å². The van der Waals surface area contributed by atoms with Crippen molar-refractivity contribution in [2.45, 2.75) is 44.2 Å². The summed E-state index contributed by atoms with van der Waals surface area (Å²) in [5, 5.41) is 29.2. The molecule has 0 saturated heterocycles. The largest absolute Gasteiger partial charge is 0.505 e. The van der Waals surface area contributed by atoms with Crippen LogP contribution < -0.4 is 16.0 Å². The lowest BCUT2D eigenvalue weighted by Crippen LogP contribution is -2.74. The van der Waals surface area contributed by atoms with Gasteiger partial charge >= 0.3 is 12.1 Å². The number of carbonyl (C=O) groups is 8. The molecule has 0 bridgehead atoms. The highest BCUT2D eigenvalue weighted by molar-refractivity contribution is 7.08. The van der Waals surface area contributed by atoms with Gasteiger partial charge in [0, 0.05) is 37.6 Å². The van der Waals surface area contributed by atoms with Gasteiger partial charge in [0.25, 0.3) is 0 Å². The number of anilines is 2. The van der Waals surface area contributed by atoms with Gasteiger partial charge in [-0.25, -0.2) is 9.59 Å². The molecule has 17 nitrogen and oxygen atoms in total. The number of nitrogens with one attached hydrogen (secondary N) is 1. The van der Waals surface area contributed by atoms with Crippen LogP contribution in [-0.4, -0.2) is 127 Å². The van der Waals surface area contributed by atoms with Crippen molar-refractivity contribution in [3.8, 4) is 5.75 Å². The van der Waals surface area contributed by atoms with Gasteiger partial charge in [0.2, 0.25) is 18.6 Å². The van der Waals surface area contributed by atoms with Crippen molar-refractivity contribution < 1.29 is 58.0 Å². The average molecular weight is 770 g/mol. The molecule has 2 aromatic rings. The Morgan fingerprint density at radius 2 is 1.78 bits per heavy atom. The van der Waals surface area contributed by atoms with Gasteiger partial charge in [-0.2, -0.15) is 11.3 Å². The molecule has 2 fully saturated rings. The van der Waals surface area contributed by atoms with Crippen LogP contribution in [0.1, 0.15) is 52.5 Å². The molecule has 5 N–H and O–H groups in total. The number of aliphatic hydroxyl groups is 1. The van der Waals surface area contributed by atoms with Crippen molar-refractivity contribution in [3.05, 3.63) is 39.6 Å². The minimum Gasteiger partial charge on any atom is -0.505 e. The Hall–Kier alpha value is -5.20. The van der Waals surface area contributed by atoms with Gasteiger partial charge in [-0.1, -0.05) is 13.3 Å². The molecule has 6 atom stereocenters. The molecule has 3 aliphatic rings. The van der Waals surface area contributed by atoms with Crippen molar-refractivity contribution in [3.63, 3.8) is 0 Å². The smallest absolute Gasteiger partial charge is 0.413 e. The number of fused-ring (bicyclic) bond motifs is 3. The normalized spacial score (nSPS) is 24.6. The van der Waals surface area contributed by atoms with Crippen LogP contribution >= 0.6 is 11.3 Å². The number of rotatable bonds is 12. The molecule has 1 heterocycles. The van der Waals surface area contributed by atoms with Gasteiger partial charge < -0.3 is 35.6 Å². The quantitative estimate of drug-likeness (QED) is 0.102. The number of hydrogen-bond donors (Lipinski definition) is 4. The van der Waals surface area contributed by atoms with E-state index < -0.39 is 101 Å². The zero-order chi connectivity index (χ0) is 39.8. The highest BCUT2D eigenvalue weighted by Gasteiger charge is 2.69. The molecule has 0 radical (unpaired) electrons. The van der Waals surface area contributed by atoms with Crippen LogP contribution in [0, 0.1) is 23.7 Å². The molecule has 0 spiro atoms. The molecule has 0 aliphatic heterocycles. The molecule has 1 aromatic carbocycles. The van der Waals surface area contributed by atoms with Crippen LogP contribution in [0.15, 0.2) is 22.9 Å². The number of phenolic OH excluding ortho intramolecular Hbond substituents is 1. The third-order valence-corrected chi connectivity index (χ3v) is 11.0. The monoisotopic (exact) mass is 769 g/mol. The number of phenols is 1. The van der Waals surface area contributed by atoms with Crippen LogP contribution in [0.5, 0.6) is 5.75 Å². The number of aromatic hydroxyl groups is 1. The number of Topliss-reactive ketones (excluding diaryl/α,β-unsaturated/α-hetero) is 4. The molecule has 18 heteroatoms. The molecule has 54 heavy (non-hydrogen) atoms. The number of amides is 3. The molecule has 1 aromatic heterocycles. The number of primary amides is 1. The molecule has 2 unspecified atom stereocenters. The lowest BCUT2D eigenvalue weighted by molar-refractivity contribution is -0.181. The fourth-order valence-electron chi connectivity index (χ4n) is 7.78. The van der Waals surface area contributed by atoms with Crippen molar-refractivity contribution >= 4 is 69.7 Å². The average Bonchev–Trinajstić information content (AvgIpc) is 3.64. The van der Waals surface area contributed by atoms with E-state index in [9.17, 15) is 48.6 Å². The molecule has 2 saturated carbocycles. The molecular weight excluding hydrogens is 726 g/mol. The van der Waals surface area contributed by atoms with E-state index in [1.807, 2.05) is 6.92 Å². The second-order valence-electron chi connectivity index (χ2n) is 14.1. The summed E-state index contributed by atoms with van der Waals surface area (Å²) >= 11 is 1.29. The first-order chi connectivity index (χ1) is 25.4. The summed E-state index contributed by atoms with van der Waals surface area (Å²) in [6.45, 7) is 0.725. The molecule has 3 amide bonds. The predicted octanol–water partition coefficient (Wildman–Crippen LogP) is 0.986. The van der Waals surface area contributed by atoms with E-state index in [0.717, 1.165) is 4.90 Å². The number of esters is 1. The zero-order valence-electron chi connectivity index (χ0n) is 30.5. The number of nitrogens with zero attached hydrogens (tertiary/aromatic N) is 3. The van der Waals surface area contributed by atoms with E-state index in [4.69, 9.17) is 15.2 Å². The minimum atomic E-state index is -2.89. The summed E-state index contributed by atoms with van der Waals surface area (Å²) < 4.78 is 10.1. The number of nitrogens with two attached hydrogens (primary N) is 1. The third-order valence-electron chi connectivity index (χ3n) is 10.3. The second-order valence-corrected chi connectivity index (χ2v) is 14.9. The fourth-order valence-corrected chi connectivity index (χ4v) is 8.41. The number of hydrogen-bond acceptors (Lipinski definition) is 15. The standard InChI is InChI=1S/C36H43N5O12S/c1-6-7-9-41(35(50)53-16-52-34(49)17-8-10-54-15-17)14-23(42)38-21-13-22(39(2)3)19-11-18-12-20-27(40(4)5)30(45)26(33(37)48)32(47)36(20,51)31(46)24(18)29(44)25(19)28(21)43/h8,10,13,15,18,20,24,26-27,43,51H,6-7,9,11-12,14,16H2,1-5H3,(H2,37,48)(H,38,42)/t18-,20-,24?,26?,27-,36-/m0/s1. The van der Waals surface area contributed by atoms with Crippen molar-refractivity contribution in [2.24, 2.45) is 29.4 Å². The summed E-state index contributed by atoms with van der Waals surface area (Å²) in [6.07, 6.45) is 0.122. The number of benzene rings is 1. The van der Waals surface area contributed by atoms with Crippen LogP contribution in [0.25, 0.3) is 0 Å². The number of ketones is 4.